The molecular weight excluding hydrogens is 286 g/mol. The van der Waals surface area contributed by atoms with Crippen molar-refractivity contribution in [1.82, 2.24) is 4.31 Å². The second kappa shape index (κ2) is 5.31. The Morgan fingerprint density at radius 1 is 1.14 bits per heavy atom. The summed E-state index contributed by atoms with van der Waals surface area (Å²) in [5, 5.41) is 0. The summed E-state index contributed by atoms with van der Waals surface area (Å²) in [5.74, 6) is 1.49. The van der Waals surface area contributed by atoms with Crippen LogP contribution in [0.4, 0.5) is 0 Å². The lowest BCUT2D eigenvalue weighted by Gasteiger charge is -2.21. The molecule has 1 aromatic carbocycles. The Hall–Kier alpha value is -1.59. The van der Waals surface area contributed by atoms with Gasteiger partial charge >= 0.3 is 0 Å². The van der Waals surface area contributed by atoms with Crippen molar-refractivity contribution >= 4 is 10.0 Å². The number of sulfonamides is 1. The van der Waals surface area contributed by atoms with Gasteiger partial charge in [-0.05, 0) is 50.5 Å². The van der Waals surface area contributed by atoms with Crippen LogP contribution >= 0.6 is 0 Å². The third kappa shape index (κ3) is 2.89. The Kier molecular flexibility index (Phi) is 3.63. The van der Waals surface area contributed by atoms with E-state index in [-0.39, 0.29) is 6.04 Å². The van der Waals surface area contributed by atoms with Gasteiger partial charge in [-0.15, -0.1) is 0 Å². The largest absolute Gasteiger partial charge is 0.465 e. The van der Waals surface area contributed by atoms with Crippen molar-refractivity contribution < 1.29 is 12.8 Å². The fraction of sp³-hybridized carbons (Fsp3) is 0.375. The van der Waals surface area contributed by atoms with E-state index in [9.17, 15) is 8.42 Å². The van der Waals surface area contributed by atoms with E-state index < -0.39 is 10.0 Å². The minimum atomic E-state index is -3.48. The van der Waals surface area contributed by atoms with Crippen molar-refractivity contribution in [3.8, 4) is 0 Å². The number of furan rings is 1. The normalized spacial score (nSPS) is 15.6. The second-order valence-corrected chi connectivity index (χ2v) is 7.42. The molecule has 1 fully saturated rings. The maximum Gasteiger partial charge on any atom is 0.243 e. The third-order valence-corrected chi connectivity index (χ3v) is 5.80. The maximum atomic E-state index is 12.9. The second-order valence-electron chi connectivity index (χ2n) is 5.56. The highest BCUT2D eigenvalue weighted by atomic mass is 32.2. The Morgan fingerprint density at radius 2 is 1.86 bits per heavy atom. The van der Waals surface area contributed by atoms with Crippen molar-refractivity contribution in [2.75, 3.05) is 0 Å². The van der Waals surface area contributed by atoms with Gasteiger partial charge in [0.1, 0.15) is 11.5 Å². The molecule has 0 aliphatic heterocycles. The lowest BCUT2D eigenvalue weighted by Crippen LogP contribution is -2.33. The third-order valence-electron chi connectivity index (χ3n) is 3.74. The van der Waals surface area contributed by atoms with E-state index in [1.165, 1.54) is 0 Å². The van der Waals surface area contributed by atoms with Crippen LogP contribution in [0.2, 0.25) is 0 Å². The smallest absolute Gasteiger partial charge is 0.243 e. The molecule has 1 aliphatic carbocycles. The molecule has 1 aromatic heterocycles. The summed E-state index contributed by atoms with van der Waals surface area (Å²) in [5.41, 5.74) is 0.777. The average molecular weight is 305 g/mol. The summed E-state index contributed by atoms with van der Waals surface area (Å²) in [7, 11) is -3.48. The van der Waals surface area contributed by atoms with Gasteiger partial charge in [0.25, 0.3) is 0 Å². The van der Waals surface area contributed by atoms with Gasteiger partial charge in [0.2, 0.25) is 10.0 Å². The zero-order chi connectivity index (χ0) is 15.0. The monoisotopic (exact) mass is 305 g/mol. The molecule has 1 heterocycles. The van der Waals surface area contributed by atoms with E-state index in [1.807, 2.05) is 38.1 Å². The SMILES string of the molecule is Cc1ccc(CN(C2CC2)S(=O)(=O)c2ccccc2C)o1. The molecule has 0 amide bonds. The number of benzene rings is 1. The van der Waals surface area contributed by atoms with E-state index in [0.29, 0.717) is 17.2 Å². The fourth-order valence-electron chi connectivity index (χ4n) is 2.47. The van der Waals surface area contributed by atoms with Crippen molar-refractivity contribution in [2.45, 2.75) is 44.2 Å². The molecule has 21 heavy (non-hydrogen) atoms. The number of aryl methyl sites for hydroxylation is 2. The molecular formula is C16H19NO3S. The minimum Gasteiger partial charge on any atom is -0.465 e. The van der Waals surface area contributed by atoms with E-state index in [4.69, 9.17) is 4.42 Å². The van der Waals surface area contributed by atoms with E-state index in [2.05, 4.69) is 0 Å². The van der Waals surface area contributed by atoms with Crippen LogP contribution < -0.4 is 0 Å². The zero-order valence-corrected chi connectivity index (χ0v) is 13.1. The van der Waals surface area contributed by atoms with Gasteiger partial charge in [-0.3, -0.25) is 0 Å². The lowest BCUT2D eigenvalue weighted by atomic mass is 10.2. The zero-order valence-electron chi connectivity index (χ0n) is 12.2. The van der Waals surface area contributed by atoms with Gasteiger partial charge in [-0.25, -0.2) is 8.42 Å². The van der Waals surface area contributed by atoms with Crippen LogP contribution in [0.15, 0.2) is 45.7 Å². The number of rotatable bonds is 5. The first kappa shape index (κ1) is 14.4. The topological polar surface area (TPSA) is 50.5 Å². The molecule has 0 atom stereocenters. The van der Waals surface area contributed by atoms with Crippen LogP contribution in [0.1, 0.15) is 29.9 Å². The van der Waals surface area contributed by atoms with Crippen molar-refractivity contribution in [3.63, 3.8) is 0 Å². The Balaban J connectivity index is 1.95. The van der Waals surface area contributed by atoms with Gasteiger partial charge in [0, 0.05) is 6.04 Å². The van der Waals surface area contributed by atoms with E-state index in [1.54, 1.807) is 16.4 Å². The van der Waals surface area contributed by atoms with Gasteiger partial charge < -0.3 is 4.42 Å². The fourth-order valence-corrected chi connectivity index (χ4v) is 4.35. The standard InChI is InChI=1S/C16H19NO3S/c1-12-5-3-4-6-16(12)21(18,19)17(14-8-9-14)11-15-10-7-13(2)20-15/h3-7,10,14H,8-9,11H2,1-2H3. The molecule has 0 N–H and O–H groups in total. The average Bonchev–Trinajstić information content (AvgIpc) is 3.19. The molecule has 0 saturated heterocycles. The van der Waals surface area contributed by atoms with Gasteiger partial charge in [0.05, 0.1) is 11.4 Å². The summed E-state index contributed by atoms with van der Waals surface area (Å²) >= 11 is 0. The van der Waals surface area contributed by atoms with Crippen LogP contribution in [0.25, 0.3) is 0 Å². The van der Waals surface area contributed by atoms with E-state index in [0.717, 1.165) is 24.2 Å². The van der Waals surface area contributed by atoms with Crippen molar-refractivity contribution in [3.05, 3.63) is 53.5 Å². The molecule has 0 spiro atoms. The van der Waals surface area contributed by atoms with Crippen molar-refractivity contribution in [1.29, 1.82) is 0 Å². The molecule has 2 aromatic rings. The van der Waals surface area contributed by atoms with Gasteiger partial charge in [0.15, 0.2) is 0 Å². The molecule has 1 aliphatic rings. The van der Waals surface area contributed by atoms with E-state index >= 15 is 0 Å². The Bertz CT molecular complexity index is 744. The van der Waals surface area contributed by atoms with Crippen LogP contribution in [-0.2, 0) is 16.6 Å². The lowest BCUT2D eigenvalue weighted by molar-refractivity contribution is 0.351. The number of hydrogen-bond donors (Lipinski definition) is 0. The first-order valence-electron chi connectivity index (χ1n) is 7.11. The van der Waals surface area contributed by atoms with Crippen LogP contribution in [-0.4, -0.2) is 18.8 Å². The Labute approximate surface area is 125 Å². The number of nitrogens with zero attached hydrogens (tertiary/aromatic N) is 1. The minimum absolute atomic E-state index is 0.0972. The first-order valence-corrected chi connectivity index (χ1v) is 8.55. The predicted molar refractivity (Wildman–Crippen MR) is 80.4 cm³/mol. The van der Waals surface area contributed by atoms with Gasteiger partial charge in [-0.2, -0.15) is 4.31 Å². The van der Waals surface area contributed by atoms with Crippen LogP contribution in [0.5, 0.6) is 0 Å². The van der Waals surface area contributed by atoms with Crippen molar-refractivity contribution in [2.24, 2.45) is 0 Å². The highest BCUT2D eigenvalue weighted by molar-refractivity contribution is 7.89. The Morgan fingerprint density at radius 3 is 2.43 bits per heavy atom. The summed E-state index contributed by atoms with van der Waals surface area (Å²) in [4.78, 5) is 0.389. The summed E-state index contributed by atoms with van der Waals surface area (Å²) in [6.07, 6.45) is 1.84. The molecule has 4 nitrogen and oxygen atoms in total. The molecule has 0 bridgehead atoms. The predicted octanol–water partition coefficient (Wildman–Crippen LogP) is 3.25. The molecule has 112 valence electrons. The highest BCUT2D eigenvalue weighted by Crippen LogP contribution is 2.34. The number of hydrogen-bond acceptors (Lipinski definition) is 3. The molecule has 5 heteroatoms. The molecule has 0 radical (unpaired) electrons. The first-order chi connectivity index (χ1) is 9.98. The van der Waals surface area contributed by atoms with Crippen LogP contribution in [0, 0.1) is 13.8 Å². The van der Waals surface area contributed by atoms with Gasteiger partial charge in [-0.1, -0.05) is 18.2 Å². The highest BCUT2D eigenvalue weighted by Gasteiger charge is 2.39. The summed E-state index contributed by atoms with van der Waals surface area (Å²) < 4.78 is 33.0. The van der Waals surface area contributed by atoms with Crippen LogP contribution in [0.3, 0.4) is 0 Å². The molecule has 1 saturated carbocycles. The summed E-state index contributed by atoms with van der Waals surface area (Å²) in [6, 6.07) is 10.9. The quantitative estimate of drug-likeness (QED) is 0.852. The molecule has 0 unspecified atom stereocenters. The maximum absolute atomic E-state index is 12.9. The molecule has 3 rings (SSSR count). The summed E-state index contributed by atoms with van der Waals surface area (Å²) in [6.45, 7) is 3.99.